The maximum absolute atomic E-state index is 12.3. The number of anilines is 2. The molecule has 0 aliphatic carbocycles. The van der Waals surface area contributed by atoms with E-state index in [0.717, 1.165) is 16.9 Å². The number of nitrogens with zero attached hydrogens (tertiary/aromatic N) is 5. The van der Waals surface area contributed by atoms with E-state index in [4.69, 9.17) is 5.10 Å². The van der Waals surface area contributed by atoms with Gasteiger partial charge >= 0.3 is 5.84 Å². The zero-order valence-electron chi connectivity index (χ0n) is 18.7. The zero-order chi connectivity index (χ0) is 23.4. The van der Waals surface area contributed by atoms with Crippen molar-refractivity contribution in [2.24, 2.45) is 15.1 Å². The number of hydrogen-bond donors (Lipinski definition) is 3. The Labute approximate surface area is 192 Å². The largest absolute Gasteiger partial charge is 0.325 e. The minimum Gasteiger partial charge on any atom is -0.325 e. The van der Waals surface area contributed by atoms with Crippen molar-refractivity contribution in [1.29, 1.82) is 0 Å². The molecule has 3 N–H and O–H groups in total. The molecule has 4 aliphatic rings. The van der Waals surface area contributed by atoms with Crippen molar-refractivity contribution in [3.05, 3.63) is 36.2 Å². The Balaban J connectivity index is 1.38. The molecule has 4 aliphatic heterocycles. The molecule has 0 radical (unpaired) electrons. The van der Waals surface area contributed by atoms with E-state index in [1.165, 1.54) is 7.05 Å². The van der Waals surface area contributed by atoms with Crippen molar-refractivity contribution in [3.8, 4) is 0 Å². The molecule has 0 aromatic heterocycles. The third-order valence-electron chi connectivity index (χ3n) is 6.69. The number of carbonyl (C=O) groups is 1. The van der Waals surface area contributed by atoms with Gasteiger partial charge < -0.3 is 10.6 Å². The molecule has 1 saturated heterocycles. The summed E-state index contributed by atoms with van der Waals surface area (Å²) in [5, 5.41) is 12.7. The van der Waals surface area contributed by atoms with Gasteiger partial charge in [0, 0.05) is 11.4 Å². The van der Waals surface area contributed by atoms with Gasteiger partial charge in [-0.2, -0.15) is 0 Å². The first-order chi connectivity index (χ1) is 15.7. The van der Waals surface area contributed by atoms with Crippen LogP contribution in [0.2, 0.25) is 0 Å². The van der Waals surface area contributed by atoms with Crippen LogP contribution in [0.25, 0.3) is 0 Å². The fraction of sp³-hybridized carbons (Fsp3) is 0.429. The molecule has 1 unspecified atom stereocenters. The smallest absolute Gasteiger partial charge is 0.301 e. The van der Waals surface area contributed by atoms with Gasteiger partial charge in [0.25, 0.3) is 5.96 Å². The van der Waals surface area contributed by atoms with E-state index in [9.17, 15) is 13.2 Å². The monoisotopic (exact) mass is 471 g/mol. The number of fused-ring (bicyclic) bond motifs is 2. The second-order valence-electron chi connectivity index (χ2n) is 8.99. The van der Waals surface area contributed by atoms with Crippen LogP contribution in [0.1, 0.15) is 32.3 Å². The summed E-state index contributed by atoms with van der Waals surface area (Å²) in [5.41, 5.74) is 1.92. The predicted octanol–water partition coefficient (Wildman–Crippen LogP) is 1.31. The van der Waals surface area contributed by atoms with Crippen LogP contribution in [0.5, 0.6) is 0 Å². The summed E-state index contributed by atoms with van der Waals surface area (Å²) < 4.78 is 26.9. The van der Waals surface area contributed by atoms with Crippen molar-refractivity contribution in [2.45, 2.75) is 37.4 Å². The van der Waals surface area contributed by atoms with Crippen molar-refractivity contribution >= 4 is 45.3 Å². The SMILES string of the molecule is CNS(=O)(=O)C1CCN([N+]23C=CN=CC2=NC(Nc2ccc4c(c2)NC(=O)C4(C)C)=N3)CC1. The average molecular weight is 472 g/mol. The van der Waals surface area contributed by atoms with Gasteiger partial charge in [0.2, 0.25) is 15.9 Å². The molecule has 33 heavy (non-hydrogen) atoms. The third kappa shape index (κ3) is 3.50. The topological polar surface area (TPSA) is 128 Å². The quantitative estimate of drug-likeness (QED) is 0.571. The Morgan fingerprint density at radius 1 is 1.24 bits per heavy atom. The van der Waals surface area contributed by atoms with Crippen molar-refractivity contribution in [1.82, 2.24) is 9.73 Å². The fourth-order valence-electron chi connectivity index (χ4n) is 4.64. The molecule has 5 rings (SSSR count). The van der Waals surface area contributed by atoms with Gasteiger partial charge in [0.1, 0.15) is 6.21 Å². The average Bonchev–Trinajstić information content (AvgIpc) is 3.28. The zero-order valence-corrected chi connectivity index (χ0v) is 19.6. The van der Waals surface area contributed by atoms with Crippen LogP contribution >= 0.6 is 0 Å². The highest BCUT2D eigenvalue weighted by Crippen LogP contribution is 2.39. The number of sulfonamides is 1. The van der Waals surface area contributed by atoms with Gasteiger partial charge in [-0.3, -0.25) is 9.79 Å². The molecule has 0 saturated carbocycles. The highest BCUT2D eigenvalue weighted by Gasteiger charge is 2.48. The van der Waals surface area contributed by atoms with E-state index in [1.54, 1.807) is 12.4 Å². The molecule has 174 valence electrons. The lowest BCUT2D eigenvalue weighted by molar-refractivity contribution is -0.918. The van der Waals surface area contributed by atoms with Crippen LogP contribution in [0.15, 0.2) is 45.7 Å². The van der Waals surface area contributed by atoms with Crippen molar-refractivity contribution in [3.63, 3.8) is 0 Å². The summed E-state index contributed by atoms with van der Waals surface area (Å²) in [6.07, 6.45) is 6.18. The number of quaternary nitrogens is 1. The fourth-order valence-corrected chi connectivity index (χ4v) is 5.81. The predicted molar refractivity (Wildman–Crippen MR) is 127 cm³/mol. The van der Waals surface area contributed by atoms with E-state index in [-0.39, 0.29) is 10.6 Å². The summed E-state index contributed by atoms with van der Waals surface area (Å²) in [4.78, 5) is 21.1. The van der Waals surface area contributed by atoms with Crippen LogP contribution in [0.4, 0.5) is 11.4 Å². The van der Waals surface area contributed by atoms with Crippen LogP contribution < -0.4 is 15.4 Å². The number of aliphatic imine (C=N–C) groups is 2. The van der Waals surface area contributed by atoms with Gasteiger partial charge in [-0.05, 0) is 61.2 Å². The third-order valence-corrected chi connectivity index (χ3v) is 8.61. The number of amides is 1. The first-order valence-electron chi connectivity index (χ1n) is 10.9. The van der Waals surface area contributed by atoms with Gasteiger partial charge in [-0.1, -0.05) is 6.07 Å². The second-order valence-corrected chi connectivity index (χ2v) is 11.2. The molecule has 1 fully saturated rings. The number of nitrogens with one attached hydrogen (secondary N) is 3. The highest BCUT2D eigenvalue weighted by atomic mass is 32.2. The van der Waals surface area contributed by atoms with E-state index in [2.05, 4.69) is 30.3 Å². The highest BCUT2D eigenvalue weighted by molar-refractivity contribution is 7.90. The molecular weight excluding hydrogens is 444 g/mol. The van der Waals surface area contributed by atoms with E-state index in [0.29, 0.717) is 37.7 Å². The van der Waals surface area contributed by atoms with E-state index < -0.39 is 20.7 Å². The molecule has 11 nitrogen and oxygen atoms in total. The van der Waals surface area contributed by atoms with Crippen LogP contribution in [-0.4, -0.2) is 67.4 Å². The number of piperidine rings is 1. The van der Waals surface area contributed by atoms with Crippen LogP contribution in [0.3, 0.4) is 0 Å². The Hall–Kier alpha value is -2.93. The Morgan fingerprint density at radius 2 is 2.00 bits per heavy atom. The van der Waals surface area contributed by atoms with Gasteiger partial charge in [-0.25, -0.2) is 13.1 Å². The second kappa shape index (κ2) is 7.55. The first kappa shape index (κ1) is 21.9. The lowest BCUT2D eigenvalue weighted by Gasteiger charge is -2.38. The van der Waals surface area contributed by atoms with Gasteiger partial charge in [-0.15, -0.1) is 10.0 Å². The van der Waals surface area contributed by atoms with E-state index in [1.807, 2.05) is 38.2 Å². The molecule has 0 spiro atoms. The Morgan fingerprint density at radius 3 is 2.73 bits per heavy atom. The minimum absolute atomic E-state index is 0.0207. The lowest BCUT2D eigenvalue weighted by Crippen LogP contribution is -2.60. The van der Waals surface area contributed by atoms with Crippen molar-refractivity contribution in [2.75, 3.05) is 30.8 Å². The summed E-state index contributed by atoms with van der Waals surface area (Å²) in [7, 11) is -1.85. The lowest BCUT2D eigenvalue weighted by atomic mass is 9.86. The standard InChI is InChI=1S/C21H26N8O3S/c1-21(2)16-5-4-14(12-17(16)25-19(21)30)24-20-26-18-13-23-8-11-29(18,27-20)28-9-6-15(7-10-28)33(31,32)22-3/h4-5,8,11-13,15,22H,6-7,9-10H2,1-3H3,(H-,24,25,27,30)/p+1. The Kier molecular flexibility index (Phi) is 5.01. The van der Waals surface area contributed by atoms with Gasteiger partial charge in [0.05, 0.1) is 30.0 Å². The first-order valence-corrected chi connectivity index (χ1v) is 12.4. The maximum Gasteiger partial charge on any atom is 0.301 e. The number of rotatable bonds is 4. The normalized spacial score (nSPS) is 26.5. The number of benzene rings is 1. The molecule has 0 bridgehead atoms. The summed E-state index contributed by atoms with van der Waals surface area (Å²) in [6.45, 7) is 4.88. The van der Waals surface area contributed by atoms with Crippen molar-refractivity contribution < 1.29 is 17.9 Å². The van der Waals surface area contributed by atoms with Crippen LogP contribution in [-0.2, 0) is 20.2 Å². The molecule has 1 amide bonds. The number of carbonyl (C=O) groups excluding carboxylic acids is 1. The molecule has 1 aromatic carbocycles. The summed E-state index contributed by atoms with van der Waals surface area (Å²) >= 11 is 0. The molecule has 1 aromatic rings. The number of amidine groups is 1. The maximum atomic E-state index is 12.3. The van der Waals surface area contributed by atoms with E-state index >= 15 is 0 Å². The summed E-state index contributed by atoms with van der Waals surface area (Å²) in [6, 6.07) is 5.72. The molecule has 4 heterocycles. The number of guanidine groups is 1. The minimum atomic E-state index is -3.30. The van der Waals surface area contributed by atoms with Gasteiger partial charge in [0.15, 0.2) is 6.20 Å². The molecular formula is C21H27N8O3S+. The van der Waals surface area contributed by atoms with Crippen LogP contribution in [0, 0.1) is 0 Å². The summed E-state index contributed by atoms with van der Waals surface area (Å²) in [5.74, 6) is 1.02. The Bertz CT molecular complexity index is 1240. The molecule has 12 heteroatoms. The number of hydrogen-bond acceptors (Lipinski definition) is 8. The molecule has 1 atom stereocenters.